The zero-order valence-corrected chi connectivity index (χ0v) is 15.0. The van der Waals surface area contributed by atoms with Gasteiger partial charge in [0.25, 0.3) is 0 Å². The quantitative estimate of drug-likeness (QED) is 0.435. The lowest BCUT2D eigenvalue weighted by molar-refractivity contribution is -0.261. The number of rotatable bonds is 3. The molecule has 2 heterocycles. The zero-order valence-electron chi connectivity index (χ0n) is 15.0. The maximum absolute atomic E-state index is 10.2. The van der Waals surface area contributed by atoms with Crippen LogP contribution in [0.4, 0.5) is 0 Å². The second kappa shape index (κ2) is 7.45. The molecular formula is C20H20O9. The molecule has 1 saturated heterocycles. The van der Waals surface area contributed by atoms with E-state index in [2.05, 4.69) is 0 Å². The van der Waals surface area contributed by atoms with Gasteiger partial charge in [-0.15, -0.1) is 0 Å². The number of fused-ring (bicyclic) bond motifs is 1. The van der Waals surface area contributed by atoms with E-state index in [1.54, 1.807) is 12.1 Å². The molecule has 154 valence electrons. The molecule has 1 fully saturated rings. The van der Waals surface area contributed by atoms with Crippen LogP contribution in [-0.4, -0.2) is 61.8 Å². The van der Waals surface area contributed by atoms with E-state index in [0.29, 0.717) is 5.56 Å². The van der Waals surface area contributed by atoms with Crippen molar-refractivity contribution in [1.82, 2.24) is 0 Å². The van der Waals surface area contributed by atoms with Gasteiger partial charge in [0.1, 0.15) is 47.1 Å². The first-order valence-corrected chi connectivity index (χ1v) is 8.89. The Morgan fingerprint density at radius 2 is 1.62 bits per heavy atom. The van der Waals surface area contributed by atoms with Crippen LogP contribution in [0.25, 0.3) is 6.08 Å². The Kier molecular flexibility index (Phi) is 4.97. The maximum atomic E-state index is 10.2. The number of aromatic hydroxyl groups is 3. The summed E-state index contributed by atoms with van der Waals surface area (Å²) in [6.07, 6.45) is -4.90. The van der Waals surface area contributed by atoms with Gasteiger partial charge in [-0.1, -0.05) is 12.1 Å². The molecule has 9 nitrogen and oxygen atoms in total. The van der Waals surface area contributed by atoms with Crippen LogP contribution in [0.3, 0.4) is 0 Å². The monoisotopic (exact) mass is 404 g/mol. The molecule has 2 aliphatic heterocycles. The lowest BCUT2D eigenvalue weighted by Crippen LogP contribution is -2.53. The Bertz CT molecular complexity index is 924. The summed E-state index contributed by atoms with van der Waals surface area (Å²) in [5, 5.41) is 59.1. The number of aliphatic hydroxyl groups is 3. The molecule has 0 amide bonds. The van der Waals surface area contributed by atoms with Gasteiger partial charge >= 0.3 is 0 Å². The van der Waals surface area contributed by atoms with Crippen molar-refractivity contribution in [3.63, 3.8) is 0 Å². The van der Waals surface area contributed by atoms with E-state index in [0.717, 1.165) is 6.07 Å². The number of phenols is 3. The van der Waals surface area contributed by atoms with Crippen LogP contribution in [0, 0.1) is 0 Å². The summed E-state index contributed by atoms with van der Waals surface area (Å²) in [6.45, 7) is -0.239. The van der Waals surface area contributed by atoms with Gasteiger partial charge in [-0.25, -0.2) is 0 Å². The minimum Gasteiger partial charge on any atom is -0.508 e. The van der Waals surface area contributed by atoms with Crippen molar-refractivity contribution in [3.05, 3.63) is 53.3 Å². The highest BCUT2D eigenvalue weighted by molar-refractivity contribution is 5.69. The number of aliphatic hydroxyl groups excluding tert-OH is 3. The lowest BCUT2D eigenvalue weighted by atomic mass is 10.0. The van der Waals surface area contributed by atoms with E-state index in [4.69, 9.17) is 14.2 Å². The first kappa shape index (κ1) is 19.3. The van der Waals surface area contributed by atoms with Gasteiger partial charge in [0, 0.05) is 17.7 Å². The Balaban J connectivity index is 1.71. The van der Waals surface area contributed by atoms with Gasteiger partial charge < -0.3 is 44.8 Å². The summed E-state index contributed by atoms with van der Waals surface area (Å²) >= 11 is 0. The average molecular weight is 404 g/mol. The highest BCUT2D eigenvalue weighted by Crippen LogP contribution is 2.44. The fraction of sp³-hybridized carbons (Fsp3) is 0.300. The molecule has 0 radical (unpaired) electrons. The van der Waals surface area contributed by atoms with Gasteiger partial charge in [-0.2, -0.15) is 0 Å². The summed E-state index contributed by atoms with van der Waals surface area (Å²) < 4.78 is 17.0. The summed E-state index contributed by atoms with van der Waals surface area (Å²) in [6, 6.07) is 8.59. The molecule has 2 aromatic rings. The average Bonchev–Trinajstić information content (AvgIpc) is 2.69. The van der Waals surface area contributed by atoms with Gasteiger partial charge in [0.2, 0.25) is 6.29 Å². The van der Waals surface area contributed by atoms with Crippen LogP contribution < -0.4 is 4.74 Å². The molecule has 2 aromatic carbocycles. The molecule has 0 spiro atoms. The predicted molar refractivity (Wildman–Crippen MR) is 98.1 cm³/mol. The van der Waals surface area contributed by atoms with E-state index in [-0.39, 0.29) is 40.9 Å². The van der Waals surface area contributed by atoms with Gasteiger partial charge in [0.15, 0.2) is 6.10 Å². The third-order valence-corrected chi connectivity index (χ3v) is 4.80. The third-order valence-electron chi connectivity index (χ3n) is 4.80. The molecule has 0 saturated carbocycles. The lowest BCUT2D eigenvalue weighted by Gasteiger charge is -2.37. The molecule has 3 unspecified atom stereocenters. The van der Waals surface area contributed by atoms with E-state index < -0.39 is 30.7 Å². The van der Waals surface area contributed by atoms with Gasteiger partial charge in [-0.05, 0) is 18.2 Å². The van der Waals surface area contributed by atoms with Crippen LogP contribution in [0.2, 0.25) is 0 Å². The molecule has 0 aliphatic carbocycles. The highest BCUT2D eigenvalue weighted by atomic mass is 16.7. The van der Waals surface area contributed by atoms with Crippen LogP contribution >= 0.6 is 0 Å². The molecule has 0 bridgehead atoms. The summed E-state index contributed by atoms with van der Waals surface area (Å²) in [4.78, 5) is 0. The highest BCUT2D eigenvalue weighted by Gasteiger charge is 2.41. The topological polar surface area (TPSA) is 149 Å². The second-order valence-electron chi connectivity index (χ2n) is 6.88. The predicted octanol–water partition coefficient (Wildman–Crippen LogP) is 0.734. The second-order valence-corrected chi connectivity index (χ2v) is 6.88. The molecule has 6 N–H and O–H groups in total. The fourth-order valence-electron chi connectivity index (χ4n) is 3.24. The van der Waals surface area contributed by atoms with Crippen LogP contribution in [0.5, 0.6) is 23.0 Å². The van der Waals surface area contributed by atoms with Crippen molar-refractivity contribution >= 4 is 6.08 Å². The first-order chi connectivity index (χ1) is 13.8. The van der Waals surface area contributed by atoms with Gasteiger partial charge in [0.05, 0.1) is 12.2 Å². The van der Waals surface area contributed by atoms with Crippen molar-refractivity contribution in [2.45, 2.75) is 30.7 Å². The zero-order chi connectivity index (χ0) is 20.7. The Hall–Kier alpha value is -2.98. The number of phenolic OH excluding ortho intramolecular Hbond substituents is 3. The van der Waals surface area contributed by atoms with Crippen molar-refractivity contribution in [1.29, 1.82) is 0 Å². The number of hydrogen-bond donors (Lipinski definition) is 6. The fourth-order valence-corrected chi connectivity index (χ4v) is 3.24. The van der Waals surface area contributed by atoms with E-state index in [1.807, 2.05) is 0 Å². The van der Waals surface area contributed by atoms with E-state index in [1.165, 1.54) is 24.3 Å². The van der Waals surface area contributed by atoms with Crippen molar-refractivity contribution in [2.24, 2.45) is 0 Å². The van der Waals surface area contributed by atoms with Crippen molar-refractivity contribution in [3.8, 4) is 23.0 Å². The molecule has 2 aliphatic rings. The maximum Gasteiger partial charge on any atom is 0.228 e. The Morgan fingerprint density at radius 1 is 0.897 bits per heavy atom. The molecule has 5 atom stereocenters. The first-order valence-electron chi connectivity index (χ1n) is 8.89. The standard InChI is InChI=1S/C20H20O9/c21-10-3-1-9(2-4-10)19-16(29-20-18(26)17(25)14(24)8-27-20)7-12-13(23)5-11(22)6-15(12)28-19/h1-7,14,17-26H,8H2/t14-,17?,18?,19?,20+/m1/s1. The minimum atomic E-state index is -1.52. The molecular weight excluding hydrogens is 384 g/mol. The van der Waals surface area contributed by atoms with E-state index in [9.17, 15) is 30.6 Å². The molecule has 9 heteroatoms. The minimum absolute atomic E-state index is 0.0508. The number of benzene rings is 2. The van der Waals surface area contributed by atoms with Gasteiger partial charge in [-0.3, -0.25) is 0 Å². The van der Waals surface area contributed by atoms with Crippen LogP contribution in [-0.2, 0) is 9.47 Å². The van der Waals surface area contributed by atoms with Crippen LogP contribution in [0.15, 0.2) is 42.2 Å². The summed E-state index contributed by atoms with van der Waals surface area (Å²) in [5.74, 6) is -0.0300. The summed E-state index contributed by atoms with van der Waals surface area (Å²) in [7, 11) is 0. The Morgan fingerprint density at radius 3 is 2.34 bits per heavy atom. The molecule has 4 rings (SSSR count). The smallest absolute Gasteiger partial charge is 0.228 e. The SMILES string of the molecule is Oc1ccc(C2Oc3cc(O)cc(O)c3C=C2O[C@@H]2OC[C@@H](O)C(O)C2O)cc1. The van der Waals surface area contributed by atoms with E-state index >= 15 is 0 Å². The summed E-state index contributed by atoms with van der Waals surface area (Å²) in [5.41, 5.74) is 0.826. The normalized spacial score (nSPS) is 28.8. The molecule has 0 aromatic heterocycles. The molecule has 29 heavy (non-hydrogen) atoms. The third kappa shape index (κ3) is 3.68. The Labute approximate surface area is 165 Å². The largest absolute Gasteiger partial charge is 0.508 e. The number of ether oxygens (including phenoxy) is 3. The van der Waals surface area contributed by atoms with Crippen LogP contribution in [0.1, 0.15) is 17.2 Å². The number of hydrogen-bond acceptors (Lipinski definition) is 9. The van der Waals surface area contributed by atoms with Crippen molar-refractivity contribution < 1.29 is 44.8 Å². The van der Waals surface area contributed by atoms with Crippen molar-refractivity contribution in [2.75, 3.05) is 6.61 Å².